The molecule has 0 fully saturated rings. The highest BCUT2D eigenvalue weighted by atomic mass is 32.1. The fourth-order valence-electron chi connectivity index (χ4n) is 3.76. The molecule has 4 aromatic heterocycles. The number of benzene rings is 1. The van der Waals surface area contributed by atoms with Gasteiger partial charge in [-0.2, -0.15) is 24.5 Å². The number of hydrogen-bond donors (Lipinski definition) is 2. The molecule has 10 nitrogen and oxygen atoms in total. The fraction of sp³-hybridized carbons (Fsp3) is 0.0909. The summed E-state index contributed by atoms with van der Waals surface area (Å²) in [4.78, 5) is 53.6. The molecular formula is C22H14F3N4O6PS. The molecule has 0 saturated heterocycles. The van der Waals surface area contributed by atoms with Gasteiger partial charge in [-0.1, -0.05) is 6.07 Å². The van der Waals surface area contributed by atoms with Crippen molar-refractivity contribution in [1.82, 2.24) is 19.1 Å². The van der Waals surface area contributed by atoms with Crippen molar-refractivity contribution < 1.29 is 32.0 Å². The average Bonchev–Trinajstić information content (AvgIpc) is 3.37. The Morgan fingerprint density at radius 1 is 1.11 bits per heavy atom. The zero-order valence-corrected chi connectivity index (χ0v) is 20.0. The van der Waals surface area contributed by atoms with Crippen LogP contribution in [0.25, 0.3) is 38.9 Å². The Balaban J connectivity index is 1.91. The van der Waals surface area contributed by atoms with Gasteiger partial charge < -0.3 is 9.79 Å². The Hall–Kier alpha value is -3.68. The lowest BCUT2D eigenvalue weighted by molar-refractivity contribution is -0.137. The molecular weight excluding hydrogens is 536 g/mol. The zero-order valence-electron chi connectivity index (χ0n) is 18.3. The highest BCUT2D eigenvalue weighted by Gasteiger charge is 2.31. The molecule has 0 aliphatic carbocycles. The molecule has 0 unspecified atom stereocenters. The van der Waals surface area contributed by atoms with Crippen LogP contribution in [0.3, 0.4) is 0 Å². The Labute approximate surface area is 208 Å². The number of nitrogens with zero attached hydrogens (tertiary/aromatic N) is 4. The topological polar surface area (TPSA) is 137 Å². The summed E-state index contributed by atoms with van der Waals surface area (Å²) in [5.41, 5.74) is -2.12. The lowest BCUT2D eigenvalue weighted by Crippen LogP contribution is -2.40. The monoisotopic (exact) mass is 550 g/mol. The van der Waals surface area contributed by atoms with Crippen LogP contribution < -0.4 is 11.2 Å². The first-order valence-electron chi connectivity index (χ1n) is 10.3. The maximum atomic E-state index is 13.5. The summed E-state index contributed by atoms with van der Waals surface area (Å²) < 4.78 is 57.2. The van der Waals surface area contributed by atoms with Crippen molar-refractivity contribution in [3.05, 3.63) is 85.8 Å². The predicted molar refractivity (Wildman–Crippen MR) is 128 cm³/mol. The number of alkyl halides is 3. The molecule has 0 aliphatic rings. The van der Waals surface area contributed by atoms with Crippen LogP contribution in [-0.4, -0.2) is 28.9 Å². The average molecular weight is 550 g/mol. The van der Waals surface area contributed by atoms with Gasteiger partial charge in [0.2, 0.25) is 0 Å². The molecule has 0 amide bonds. The summed E-state index contributed by atoms with van der Waals surface area (Å²) in [6.45, 7) is -1.16. The van der Waals surface area contributed by atoms with E-state index in [2.05, 4.69) is 14.5 Å². The van der Waals surface area contributed by atoms with E-state index in [0.717, 1.165) is 28.5 Å². The van der Waals surface area contributed by atoms with Gasteiger partial charge in [0, 0.05) is 17.1 Å². The first kappa shape index (κ1) is 25.0. The van der Waals surface area contributed by atoms with E-state index in [-0.39, 0.29) is 27.6 Å². The summed E-state index contributed by atoms with van der Waals surface area (Å²) >= 11 is 1.41. The van der Waals surface area contributed by atoms with Gasteiger partial charge in [0.1, 0.15) is 12.2 Å². The van der Waals surface area contributed by atoms with E-state index in [1.807, 2.05) is 10.8 Å². The molecule has 0 spiro atoms. The highest BCUT2D eigenvalue weighted by Crippen LogP contribution is 2.36. The number of pyridine rings is 2. The van der Waals surface area contributed by atoms with Crippen LogP contribution in [0, 0.1) is 0 Å². The smallest absolute Gasteiger partial charge is 0.303 e. The first-order chi connectivity index (χ1) is 17.4. The van der Waals surface area contributed by atoms with Crippen LogP contribution in [-0.2, 0) is 22.0 Å². The van der Waals surface area contributed by atoms with Crippen molar-refractivity contribution in [2.75, 3.05) is 0 Å². The molecule has 5 rings (SSSR count). The Morgan fingerprint density at radius 2 is 1.89 bits per heavy atom. The largest absolute Gasteiger partial charge is 0.471 e. The lowest BCUT2D eigenvalue weighted by Gasteiger charge is -2.17. The first-order valence-corrected chi connectivity index (χ1v) is 12.8. The maximum Gasteiger partial charge on any atom is 0.471 e. The van der Waals surface area contributed by atoms with Gasteiger partial charge in [0.15, 0.2) is 0 Å². The van der Waals surface area contributed by atoms with E-state index in [4.69, 9.17) is 9.79 Å². The number of halogens is 3. The van der Waals surface area contributed by atoms with Crippen molar-refractivity contribution in [2.45, 2.75) is 12.9 Å². The van der Waals surface area contributed by atoms with Crippen LogP contribution in [0.2, 0.25) is 0 Å². The van der Waals surface area contributed by atoms with Gasteiger partial charge in [-0.05, 0) is 41.8 Å². The second-order valence-electron chi connectivity index (χ2n) is 7.74. The molecule has 0 radical (unpaired) electrons. The minimum atomic E-state index is -5.11. The Morgan fingerprint density at radius 3 is 2.57 bits per heavy atom. The maximum absolute atomic E-state index is 13.5. The molecule has 4 heterocycles. The molecule has 190 valence electrons. The summed E-state index contributed by atoms with van der Waals surface area (Å²) in [7, 11) is -5.11. The van der Waals surface area contributed by atoms with Crippen molar-refractivity contribution in [2.24, 2.45) is 0 Å². The number of phosphoric ester groups is 1. The van der Waals surface area contributed by atoms with Crippen molar-refractivity contribution in [3.8, 4) is 16.9 Å². The minimum absolute atomic E-state index is 0.0656. The van der Waals surface area contributed by atoms with Gasteiger partial charge in [0.05, 0.1) is 33.4 Å². The molecule has 5 aromatic rings. The van der Waals surface area contributed by atoms with E-state index in [0.29, 0.717) is 16.3 Å². The third-order valence-corrected chi connectivity index (χ3v) is 6.55. The van der Waals surface area contributed by atoms with Crippen molar-refractivity contribution in [3.63, 3.8) is 0 Å². The van der Waals surface area contributed by atoms with E-state index in [1.165, 1.54) is 17.4 Å². The van der Waals surface area contributed by atoms with Gasteiger partial charge >= 0.3 is 19.7 Å². The van der Waals surface area contributed by atoms with Crippen LogP contribution in [0.5, 0.6) is 0 Å². The molecule has 0 saturated carbocycles. The number of rotatable bonds is 5. The summed E-state index contributed by atoms with van der Waals surface area (Å²) in [5.74, 6) is 0. The van der Waals surface area contributed by atoms with Gasteiger partial charge in [-0.15, -0.1) is 0 Å². The Kier molecular flexibility index (Phi) is 6.09. The molecule has 15 heteroatoms. The van der Waals surface area contributed by atoms with Crippen LogP contribution in [0.4, 0.5) is 13.2 Å². The van der Waals surface area contributed by atoms with Crippen LogP contribution in [0.1, 0.15) is 5.56 Å². The summed E-state index contributed by atoms with van der Waals surface area (Å²) in [5, 5.41) is 3.41. The van der Waals surface area contributed by atoms with E-state index < -0.39 is 37.5 Å². The van der Waals surface area contributed by atoms with E-state index in [9.17, 15) is 27.3 Å². The number of phosphoric acid groups is 1. The summed E-state index contributed by atoms with van der Waals surface area (Å²) in [6.07, 6.45) is -3.62. The number of fused-ring (bicyclic) bond motifs is 3. The van der Waals surface area contributed by atoms with Gasteiger partial charge in [-0.3, -0.25) is 18.9 Å². The molecule has 0 aliphatic heterocycles. The van der Waals surface area contributed by atoms with Gasteiger partial charge in [0.25, 0.3) is 5.56 Å². The van der Waals surface area contributed by atoms with E-state index in [1.54, 1.807) is 18.2 Å². The third kappa shape index (κ3) is 4.72. The van der Waals surface area contributed by atoms with Crippen LogP contribution >= 0.6 is 19.2 Å². The van der Waals surface area contributed by atoms with E-state index >= 15 is 0 Å². The zero-order chi connectivity index (χ0) is 26.5. The standard InChI is InChI=1S/C22H14F3N4O6PS/c23-22(24,25)13-2-1-3-14(8-13)29-19-15(20(30)28(21(29)31)11-35-36(32,33)34)9-26-17-5-4-16(27-18(17)19)12-6-7-37-10-12/h1-10H,11H2,(H2,32,33,34). The highest BCUT2D eigenvalue weighted by molar-refractivity contribution is 7.46. The van der Waals surface area contributed by atoms with Crippen molar-refractivity contribution in [1.29, 1.82) is 0 Å². The SMILES string of the molecule is O=c1c2cnc3ccc(-c4ccsc4)nc3c2n(-c2cccc(C(F)(F)F)c2)c(=O)n1COP(=O)(O)O. The predicted octanol–water partition coefficient (Wildman–Crippen LogP) is 3.91. The molecule has 37 heavy (non-hydrogen) atoms. The molecule has 2 N–H and O–H groups in total. The fourth-order valence-corrected chi connectivity index (χ4v) is 4.68. The normalized spacial score (nSPS) is 12.5. The van der Waals surface area contributed by atoms with Crippen LogP contribution in [0.15, 0.2) is 69.0 Å². The second kappa shape index (κ2) is 9.01. The van der Waals surface area contributed by atoms with Gasteiger partial charge in [-0.25, -0.2) is 18.9 Å². The molecule has 0 bridgehead atoms. The summed E-state index contributed by atoms with van der Waals surface area (Å²) in [6, 6.07) is 8.91. The molecule has 0 atom stereocenters. The third-order valence-electron chi connectivity index (χ3n) is 5.41. The quantitative estimate of drug-likeness (QED) is 0.248. The number of thiophene rings is 1. The van der Waals surface area contributed by atoms with Crippen molar-refractivity contribution >= 4 is 41.1 Å². The number of hydrogen-bond acceptors (Lipinski definition) is 7. The number of aromatic nitrogens is 4. The minimum Gasteiger partial charge on any atom is -0.303 e. The molecule has 1 aromatic carbocycles. The Bertz CT molecular complexity index is 1830. The second-order valence-corrected chi connectivity index (χ2v) is 9.76. The lowest BCUT2D eigenvalue weighted by atomic mass is 10.1.